The van der Waals surface area contributed by atoms with Crippen LogP contribution in [0.3, 0.4) is 0 Å². The molecular formula is C20H21NO3. The summed E-state index contributed by atoms with van der Waals surface area (Å²) < 4.78 is 5.16. The van der Waals surface area contributed by atoms with Gasteiger partial charge in [0.2, 0.25) is 5.91 Å². The van der Waals surface area contributed by atoms with E-state index >= 15 is 0 Å². The summed E-state index contributed by atoms with van der Waals surface area (Å²) in [5.74, 6) is 0.278. The first-order chi connectivity index (χ1) is 11.6. The van der Waals surface area contributed by atoms with Crippen LogP contribution >= 0.6 is 0 Å². The lowest BCUT2D eigenvalue weighted by atomic mass is 9.82. The summed E-state index contributed by atoms with van der Waals surface area (Å²) in [6.07, 6.45) is 3.29. The average molecular weight is 323 g/mol. The van der Waals surface area contributed by atoms with Crippen LogP contribution < -0.4 is 9.64 Å². The lowest BCUT2D eigenvalue weighted by molar-refractivity contribution is -0.133. The van der Waals surface area contributed by atoms with Crippen molar-refractivity contribution < 1.29 is 14.6 Å². The average Bonchev–Trinajstić information content (AvgIpc) is 2.59. The van der Waals surface area contributed by atoms with Crippen LogP contribution in [0.2, 0.25) is 0 Å². The first-order valence-electron chi connectivity index (χ1n) is 8.00. The van der Waals surface area contributed by atoms with Crippen LogP contribution in [0.25, 0.3) is 6.08 Å². The third-order valence-electron chi connectivity index (χ3n) is 4.34. The first-order valence-corrected chi connectivity index (χ1v) is 8.00. The van der Waals surface area contributed by atoms with Crippen molar-refractivity contribution in [3.05, 3.63) is 66.2 Å². The maximum atomic E-state index is 12.5. The van der Waals surface area contributed by atoms with Gasteiger partial charge >= 0.3 is 0 Å². The maximum Gasteiger partial charge on any atom is 0.235 e. The number of β-lactam (4-membered cyclic amide) rings is 1. The van der Waals surface area contributed by atoms with E-state index in [0.717, 1.165) is 17.0 Å². The highest BCUT2D eigenvalue weighted by Crippen LogP contribution is 2.36. The fourth-order valence-electron chi connectivity index (χ4n) is 3.05. The minimum absolute atomic E-state index is 0.0575. The second-order valence-electron chi connectivity index (χ2n) is 5.93. The summed E-state index contributed by atoms with van der Waals surface area (Å²) in [4.78, 5) is 14.2. The molecule has 1 N–H and O–H groups in total. The summed E-state index contributed by atoms with van der Waals surface area (Å²) in [6.45, 7) is 1.66. The molecule has 0 spiro atoms. The molecule has 4 heteroatoms. The van der Waals surface area contributed by atoms with E-state index in [4.69, 9.17) is 4.74 Å². The molecule has 2 aromatic rings. The molecule has 3 atom stereocenters. The zero-order valence-electron chi connectivity index (χ0n) is 13.8. The zero-order valence-corrected chi connectivity index (χ0v) is 13.8. The highest BCUT2D eigenvalue weighted by Gasteiger charge is 2.48. The Labute approximate surface area is 142 Å². The lowest BCUT2D eigenvalue weighted by Crippen LogP contribution is -2.63. The number of anilines is 1. The van der Waals surface area contributed by atoms with Gasteiger partial charge in [-0.3, -0.25) is 4.79 Å². The van der Waals surface area contributed by atoms with Crippen molar-refractivity contribution in [3.8, 4) is 5.75 Å². The number of benzene rings is 2. The molecule has 0 saturated carbocycles. The molecule has 2 aromatic carbocycles. The van der Waals surface area contributed by atoms with E-state index in [1.54, 1.807) is 18.9 Å². The van der Waals surface area contributed by atoms with Crippen LogP contribution in [0.1, 0.15) is 12.5 Å². The molecule has 0 aromatic heterocycles. The zero-order chi connectivity index (χ0) is 17.1. The van der Waals surface area contributed by atoms with Crippen molar-refractivity contribution in [2.75, 3.05) is 12.0 Å². The lowest BCUT2D eigenvalue weighted by Gasteiger charge is -2.47. The Kier molecular flexibility index (Phi) is 4.67. The molecule has 1 aliphatic rings. The quantitative estimate of drug-likeness (QED) is 0.860. The highest BCUT2D eigenvalue weighted by molar-refractivity contribution is 6.04. The van der Waals surface area contributed by atoms with Gasteiger partial charge in [0.1, 0.15) is 5.75 Å². The summed E-state index contributed by atoms with van der Waals surface area (Å²) >= 11 is 0. The molecule has 0 aliphatic carbocycles. The SMILES string of the molecule is COc1ccc(N2C(=O)[C@@H]([C@@H](C)O)[C@H]2/C=C/c2ccccc2)cc1. The Hall–Kier alpha value is -2.59. The number of hydrogen-bond acceptors (Lipinski definition) is 3. The molecule has 1 aliphatic heterocycles. The van der Waals surface area contributed by atoms with Gasteiger partial charge in [-0.15, -0.1) is 0 Å². The van der Waals surface area contributed by atoms with Gasteiger partial charge in [0.15, 0.2) is 0 Å². The van der Waals surface area contributed by atoms with E-state index in [-0.39, 0.29) is 11.9 Å². The van der Waals surface area contributed by atoms with E-state index in [2.05, 4.69) is 0 Å². The number of amides is 1. The predicted octanol–water partition coefficient (Wildman–Crippen LogP) is 3.12. The molecule has 1 fully saturated rings. The second kappa shape index (κ2) is 6.89. The summed E-state index contributed by atoms with van der Waals surface area (Å²) in [5.41, 5.74) is 1.87. The van der Waals surface area contributed by atoms with Gasteiger partial charge in [0.05, 0.1) is 25.2 Å². The number of aliphatic hydroxyl groups excluding tert-OH is 1. The Morgan fingerprint density at radius 1 is 1.12 bits per heavy atom. The molecule has 124 valence electrons. The van der Waals surface area contributed by atoms with Crippen molar-refractivity contribution in [1.82, 2.24) is 0 Å². The molecular weight excluding hydrogens is 302 g/mol. The fraction of sp³-hybridized carbons (Fsp3) is 0.250. The van der Waals surface area contributed by atoms with Gasteiger partial charge in [-0.2, -0.15) is 0 Å². The summed E-state index contributed by atoms with van der Waals surface area (Å²) in [6, 6.07) is 17.1. The first kappa shape index (κ1) is 16.3. The number of hydrogen-bond donors (Lipinski definition) is 1. The van der Waals surface area contributed by atoms with Gasteiger partial charge in [-0.05, 0) is 36.8 Å². The molecule has 3 rings (SSSR count). The summed E-state index contributed by atoms with van der Waals surface area (Å²) in [7, 11) is 1.61. The minimum atomic E-state index is -0.683. The van der Waals surface area contributed by atoms with Crippen LogP contribution in [-0.2, 0) is 4.79 Å². The van der Waals surface area contributed by atoms with Gasteiger partial charge in [0, 0.05) is 5.69 Å². The number of aliphatic hydroxyl groups is 1. The third kappa shape index (κ3) is 3.05. The molecule has 1 saturated heterocycles. The molecule has 1 amide bonds. The number of rotatable bonds is 5. The van der Waals surface area contributed by atoms with Gasteiger partial charge < -0.3 is 14.7 Å². The number of ether oxygens (including phenoxy) is 1. The smallest absolute Gasteiger partial charge is 0.235 e. The molecule has 4 nitrogen and oxygen atoms in total. The molecule has 0 radical (unpaired) electrons. The minimum Gasteiger partial charge on any atom is -0.497 e. The monoisotopic (exact) mass is 323 g/mol. The van der Waals surface area contributed by atoms with E-state index in [1.165, 1.54) is 0 Å². The Morgan fingerprint density at radius 2 is 1.79 bits per heavy atom. The molecule has 0 bridgehead atoms. The second-order valence-corrected chi connectivity index (χ2v) is 5.93. The van der Waals surface area contributed by atoms with Gasteiger partial charge in [-0.25, -0.2) is 0 Å². The van der Waals surface area contributed by atoms with Crippen LogP contribution in [0.4, 0.5) is 5.69 Å². The highest BCUT2D eigenvalue weighted by atomic mass is 16.5. The Balaban J connectivity index is 1.86. The Morgan fingerprint density at radius 3 is 2.38 bits per heavy atom. The standard InChI is InChI=1S/C20H21NO3/c1-14(22)19-18(13-8-15-6-4-3-5-7-15)21(20(19)23)16-9-11-17(24-2)12-10-16/h3-14,18-19,22H,1-2H3/b13-8+/t14-,18-,19+/m1/s1. The van der Waals surface area contributed by atoms with Crippen LogP contribution in [0.15, 0.2) is 60.7 Å². The van der Waals surface area contributed by atoms with Gasteiger partial charge in [0.25, 0.3) is 0 Å². The van der Waals surface area contributed by atoms with E-state index in [9.17, 15) is 9.90 Å². The normalized spacial score (nSPS) is 21.6. The summed E-state index contributed by atoms with van der Waals surface area (Å²) in [5, 5.41) is 9.96. The number of methoxy groups -OCH3 is 1. The topological polar surface area (TPSA) is 49.8 Å². The predicted molar refractivity (Wildman–Crippen MR) is 94.9 cm³/mol. The fourth-order valence-corrected chi connectivity index (χ4v) is 3.05. The largest absolute Gasteiger partial charge is 0.497 e. The van der Waals surface area contributed by atoms with E-state index in [1.807, 2.05) is 66.7 Å². The third-order valence-corrected chi connectivity index (χ3v) is 4.34. The number of carbonyl (C=O) groups is 1. The van der Waals surface area contributed by atoms with Crippen molar-refractivity contribution >= 4 is 17.7 Å². The van der Waals surface area contributed by atoms with Crippen LogP contribution in [0, 0.1) is 5.92 Å². The van der Waals surface area contributed by atoms with Crippen LogP contribution in [0.5, 0.6) is 5.75 Å². The molecule has 0 unspecified atom stereocenters. The van der Waals surface area contributed by atoms with Gasteiger partial charge in [-0.1, -0.05) is 42.5 Å². The van der Waals surface area contributed by atoms with Crippen molar-refractivity contribution in [3.63, 3.8) is 0 Å². The van der Waals surface area contributed by atoms with Crippen molar-refractivity contribution in [2.24, 2.45) is 5.92 Å². The number of nitrogens with zero attached hydrogens (tertiary/aromatic N) is 1. The van der Waals surface area contributed by atoms with Crippen LogP contribution in [-0.4, -0.2) is 30.3 Å². The van der Waals surface area contributed by atoms with E-state index < -0.39 is 12.0 Å². The Bertz CT molecular complexity index is 722. The molecule has 24 heavy (non-hydrogen) atoms. The maximum absolute atomic E-state index is 12.5. The molecule has 1 heterocycles. The number of carbonyl (C=O) groups excluding carboxylic acids is 1. The van der Waals surface area contributed by atoms with E-state index in [0.29, 0.717) is 0 Å². The van der Waals surface area contributed by atoms with Crippen molar-refractivity contribution in [1.29, 1.82) is 0 Å². The van der Waals surface area contributed by atoms with Crippen molar-refractivity contribution in [2.45, 2.75) is 19.1 Å².